The van der Waals surface area contributed by atoms with Gasteiger partial charge in [0.2, 0.25) is 0 Å². The zero-order chi connectivity index (χ0) is 22.4. The first-order chi connectivity index (χ1) is 15.0. The number of carboxylic acids is 1. The third-order valence-electron chi connectivity index (χ3n) is 8.29. The number of aliphatic carboxylic acids is 1. The molecule has 0 atom stereocenters. The van der Waals surface area contributed by atoms with Gasteiger partial charge < -0.3 is 5.11 Å². The topological polar surface area (TPSA) is 54.4 Å². The molecule has 2 aliphatic rings. The molecule has 0 amide bonds. The summed E-state index contributed by atoms with van der Waals surface area (Å²) in [5.41, 5.74) is -0.331. The molecule has 0 aliphatic heterocycles. The van der Waals surface area contributed by atoms with E-state index in [1.165, 1.54) is 77.0 Å². The molecule has 2 fully saturated rings. The number of hydrogen-bond donors (Lipinski definition) is 1. The van der Waals surface area contributed by atoms with Gasteiger partial charge in [-0.2, -0.15) is 0 Å². The second kappa shape index (κ2) is 14.1. The molecule has 0 spiro atoms. The number of hydrogen-bond acceptors (Lipinski definition) is 2. The fourth-order valence-corrected chi connectivity index (χ4v) is 6.02. The second-order valence-corrected chi connectivity index (χ2v) is 10.6. The van der Waals surface area contributed by atoms with Gasteiger partial charge in [-0.1, -0.05) is 82.8 Å². The normalized spacial score (nSPS) is 19.9. The van der Waals surface area contributed by atoms with Gasteiger partial charge in [-0.25, -0.2) is 0 Å². The van der Waals surface area contributed by atoms with Gasteiger partial charge in [0, 0.05) is 5.41 Å². The highest BCUT2D eigenvalue weighted by atomic mass is 16.4. The van der Waals surface area contributed by atoms with Gasteiger partial charge in [-0.15, -0.1) is 0 Å². The van der Waals surface area contributed by atoms with Gasteiger partial charge in [0.1, 0.15) is 5.78 Å². The largest absolute Gasteiger partial charge is 0.481 e. The number of carbonyl (C=O) groups is 2. The number of ketones is 1. The maximum Gasteiger partial charge on any atom is 0.309 e. The van der Waals surface area contributed by atoms with E-state index < -0.39 is 5.97 Å². The molecule has 0 aromatic rings. The van der Waals surface area contributed by atoms with Crippen LogP contribution < -0.4 is 0 Å². The van der Waals surface area contributed by atoms with Gasteiger partial charge in [0.05, 0.1) is 5.41 Å². The molecule has 0 saturated heterocycles. The Hall–Kier alpha value is -1.12. The summed E-state index contributed by atoms with van der Waals surface area (Å²) in [5.74, 6) is -0.116. The highest BCUT2D eigenvalue weighted by Crippen LogP contribution is 2.43. The number of carboxylic acid groups (broad SMARTS) is 1. The van der Waals surface area contributed by atoms with E-state index >= 15 is 0 Å². The molecule has 1 N–H and O–H groups in total. The Morgan fingerprint density at radius 1 is 0.645 bits per heavy atom. The van der Waals surface area contributed by atoms with E-state index in [0.29, 0.717) is 5.78 Å². The van der Waals surface area contributed by atoms with Crippen LogP contribution in [0.1, 0.15) is 142 Å². The SMILES string of the molecule is CC(=O)C1(CCCCCCC=CCCCCCCCC2(C(=O)O)CCCC2)CCCC1. The Labute approximate surface area is 191 Å². The Kier molecular flexibility index (Phi) is 11.9. The van der Waals surface area contributed by atoms with E-state index in [1.807, 2.05) is 0 Å². The zero-order valence-electron chi connectivity index (χ0n) is 20.3. The predicted molar refractivity (Wildman–Crippen MR) is 129 cm³/mol. The molecule has 0 aromatic heterocycles. The van der Waals surface area contributed by atoms with Crippen molar-refractivity contribution in [1.82, 2.24) is 0 Å². The number of rotatable bonds is 17. The fraction of sp³-hybridized carbons (Fsp3) is 0.857. The van der Waals surface area contributed by atoms with Crippen LogP contribution >= 0.6 is 0 Å². The van der Waals surface area contributed by atoms with Crippen LogP contribution in [0.4, 0.5) is 0 Å². The summed E-state index contributed by atoms with van der Waals surface area (Å²) in [6, 6.07) is 0. The van der Waals surface area contributed by atoms with Gasteiger partial charge in [0.15, 0.2) is 0 Å². The van der Waals surface area contributed by atoms with Crippen molar-refractivity contribution >= 4 is 11.8 Å². The van der Waals surface area contributed by atoms with Crippen molar-refractivity contribution in [2.45, 2.75) is 142 Å². The number of carbonyl (C=O) groups excluding carboxylic acids is 1. The average molecular weight is 433 g/mol. The van der Waals surface area contributed by atoms with E-state index in [0.717, 1.165) is 57.8 Å². The van der Waals surface area contributed by atoms with Crippen LogP contribution in [0.5, 0.6) is 0 Å². The third-order valence-corrected chi connectivity index (χ3v) is 8.29. The van der Waals surface area contributed by atoms with E-state index in [1.54, 1.807) is 6.92 Å². The maximum absolute atomic E-state index is 12.0. The molecular weight excluding hydrogens is 384 g/mol. The molecule has 2 rings (SSSR count). The molecule has 0 unspecified atom stereocenters. The molecular formula is C28H48O3. The lowest BCUT2D eigenvalue weighted by Gasteiger charge is -2.25. The fourth-order valence-electron chi connectivity index (χ4n) is 6.02. The molecule has 0 aromatic carbocycles. The van der Waals surface area contributed by atoms with E-state index in [9.17, 15) is 14.7 Å². The van der Waals surface area contributed by atoms with Crippen LogP contribution in [0, 0.1) is 10.8 Å². The van der Waals surface area contributed by atoms with E-state index in [-0.39, 0.29) is 10.8 Å². The highest BCUT2D eigenvalue weighted by Gasteiger charge is 2.40. The summed E-state index contributed by atoms with van der Waals surface area (Å²) in [6.07, 6.45) is 28.9. The van der Waals surface area contributed by atoms with Crippen molar-refractivity contribution in [3.05, 3.63) is 12.2 Å². The van der Waals surface area contributed by atoms with Gasteiger partial charge >= 0.3 is 5.97 Å². The van der Waals surface area contributed by atoms with Crippen LogP contribution in [-0.4, -0.2) is 16.9 Å². The Balaban J connectivity index is 1.37. The summed E-state index contributed by atoms with van der Waals surface area (Å²) >= 11 is 0. The summed E-state index contributed by atoms with van der Waals surface area (Å²) in [5, 5.41) is 9.52. The number of allylic oxidation sites excluding steroid dienone is 2. The minimum atomic E-state index is -0.552. The Morgan fingerprint density at radius 3 is 1.48 bits per heavy atom. The first-order valence-corrected chi connectivity index (χ1v) is 13.4. The van der Waals surface area contributed by atoms with Crippen molar-refractivity contribution in [3.63, 3.8) is 0 Å². The molecule has 178 valence electrons. The first kappa shape index (κ1) is 26.1. The molecule has 0 heterocycles. The number of unbranched alkanes of at least 4 members (excludes halogenated alkanes) is 9. The van der Waals surface area contributed by atoms with E-state index in [2.05, 4.69) is 12.2 Å². The number of Topliss-reactive ketones (excluding diaryl/α,β-unsaturated/α-hetero) is 1. The first-order valence-electron chi connectivity index (χ1n) is 13.4. The minimum Gasteiger partial charge on any atom is -0.481 e. The van der Waals surface area contributed by atoms with Crippen LogP contribution in [0.15, 0.2) is 12.2 Å². The smallest absolute Gasteiger partial charge is 0.309 e. The van der Waals surface area contributed by atoms with Gasteiger partial charge in [0.25, 0.3) is 0 Å². The lowest BCUT2D eigenvalue weighted by molar-refractivity contribution is -0.149. The molecule has 3 nitrogen and oxygen atoms in total. The van der Waals surface area contributed by atoms with Crippen molar-refractivity contribution in [2.75, 3.05) is 0 Å². The summed E-state index contributed by atoms with van der Waals surface area (Å²) in [4.78, 5) is 23.6. The quantitative estimate of drug-likeness (QED) is 0.185. The summed E-state index contributed by atoms with van der Waals surface area (Å²) in [7, 11) is 0. The summed E-state index contributed by atoms with van der Waals surface area (Å²) < 4.78 is 0. The zero-order valence-corrected chi connectivity index (χ0v) is 20.3. The Bertz CT molecular complexity index is 551. The van der Waals surface area contributed by atoms with Crippen molar-refractivity contribution in [2.24, 2.45) is 10.8 Å². The third kappa shape index (κ3) is 8.73. The monoisotopic (exact) mass is 432 g/mol. The molecule has 0 bridgehead atoms. The van der Waals surface area contributed by atoms with E-state index in [4.69, 9.17) is 0 Å². The van der Waals surface area contributed by atoms with Crippen LogP contribution in [-0.2, 0) is 9.59 Å². The second-order valence-electron chi connectivity index (χ2n) is 10.6. The lowest BCUT2D eigenvalue weighted by atomic mass is 9.77. The Morgan fingerprint density at radius 2 is 1.03 bits per heavy atom. The van der Waals surface area contributed by atoms with Crippen LogP contribution in [0.2, 0.25) is 0 Å². The standard InChI is InChI=1S/C28H48O3/c1-25(29)27(20-15-16-21-27)19-13-11-9-7-5-3-2-4-6-8-10-12-14-22-28(26(30)31)23-17-18-24-28/h2-3H,4-24H2,1H3,(H,30,31). The van der Waals surface area contributed by atoms with Crippen LogP contribution in [0.25, 0.3) is 0 Å². The minimum absolute atomic E-state index is 0.0497. The molecule has 2 saturated carbocycles. The summed E-state index contributed by atoms with van der Waals surface area (Å²) in [6.45, 7) is 1.81. The van der Waals surface area contributed by atoms with Crippen LogP contribution in [0.3, 0.4) is 0 Å². The van der Waals surface area contributed by atoms with Crippen molar-refractivity contribution in [1.29, 1.82) is 0 Å². The highest BCUT2D eigenvalue weighted by molar-refractivity contribution is 5.82. The van der Waals surface area contributed by atoms with Gasteiger partial charge in [-0.05, 0) is 71.1 Å². The average Bonchev–Trinajstić information content (AvgIpc) is 3.42. The van der Waals surface area contributed by atoms with Crippen molar-refractivity contribution < 1.29 is 14.7 Å². The molecule has 0 radical (unpaired) electrons. The van der Waals surface area contributed by atoms with Crippen molar-refractivity contribution in [3.8, 4) is 0 Å². The maximum atomic E-state index is 12.0. The predicted octanol–water partition coefficient (Wildman–Crippen LogP) is 8.41. The molecule has 31 heavy (non-hydrogen) atoms. The lowest BCUT2D eigenvalue weighted by Crippen LogP contribution is -2.27. The van der Waals surface area contributed by atoms with Gasteiger partial charge in [-0.3, -0.25) is 9.59 Å². The molecule has 3 heteroatoms. The molecule has 2 aliphatic carbocycles.